The summed E-state index contributed by atoms with van der Waals surface area (Å²) in [4.78, 5) is 29.6. The molecule has 0 aromatic carbocycles. The van der Waals surface area contributed by atoms with Gasteiger partial charge >= 0.3 is 6.03 Å². The first-order valence-electron chi connectivity index (χ1n) is 11.5. The molecule has 0 bridgehead atoms. The summed E-state index contributed by atoms with van der Waals surface area (Å²) in [6.45, 7) is 5.28. The van der Waals surface area contributed by atoms with Crippen LogP contribution in [0.25, 0.3) is 0 Å². The van der Waals surface area contributed by atoms with Crippen LogP contribution in [0.1, 0.15) is 63.4 Å². The summed E-state index contributed by atoms with van der Waals surface area (Å²) in [5.74, 6) is 0.0873. The summed E-state index contributed by atoms with van der Waals surface area (Å²) < 4.78 is 25.2. The number of hydrogen-bond acceptors (Lipinski definition) is 4. The molecule has 3 aliphatic rings. The first-order valence-corrected chi connectivity index (χ1v) is 9.86. The predicted octanol–water partition coefficient (Wildman–Crippen LogP) is 2.76. The normalized spacial score (nSPS) is 37.0. The van der Waals surface area contributed by atoms with Crippen molar-refractivity contribution in [2.24, 2.45) is 5.92 Å². The van der Waals surface area contributed by atoms with Crippen LogP contribution in [0.5, 0.6) is 0 Å². The van der Waals surface area contributed by atoms with Crippen LogP contribution in [0.15, 0.2) is 12.3 Å². The Morgan fingerprint density at radius 3 is 2.65 bits per heavy atom. The largest absolute Gasteiger partial charge is 0.365 e. The van der Waals surface area contributed by atoms with Crippen molar-refractivity contribution in [1.82, 2.24) is 20.0 Å². The van der Waals surface area contributed by atoms with Gasteiger partial charge in [-0.05, 0) is 58.0 Å². The van der Waals surface area contributed by atoms with E-state index in [0.717, 1.165) is 38.5 Å². The Kier molecular flexibility index (Phi) is 4.76. The van der Waals surface area contributed by atoms with E-state index in [-0.39, 0.29) is 30.1 Å². The van der Waals surface area contributed by atoms with E-state index in [1.54, 1.807) is 24.8 Å². The fourth-order valence-corrected chi connectivity index (χ4v) is 3.98. The predicted molar refractivity (Wildman–Crippen MR) is 102 cm³/mol. The van der Waals surface area contributed by atoms with Crippen molar-refractivity contribution in [3.05, 3.63) is 12.3 Å². The summed E-state index contributed by atoms with van der Waals surface area (Å²) >= 11 is 0. The highest BCUT2D eigenvalue weighted by molar-refractivity contribution is 6.06. The number of carbonyl (C=O) groups is 2. The van der Waals surface area contributed by atoms with Crippen molar-refractivity contribution >= 4 is 11.9 Å². The van der Waals surface area contributed by atoms with Crippen LogP contribution in [0.2, 0.25) is 0 Å². The Balaban J connectivity index is 1.59. The number of rotatable bonds is 6. The van der Waals surface area contributed by atoms with Crippen molar-refractivity contribution in [1.29, 1.82) is 0 Å². The number of amides is 3. The lowest BCUT2D eigenvalue weighted by Gasteiger charge is -2.41. The first-order chi connectivity index (χ1) is 13.7. The molecule has 2 heterocycles. The lowest BCUT2D eigenvalue weighted by atomic mass is 9.85. The van der Waals surface area contributed by atoms with Crippen LogP contribution in [0.4, 0.5) is 4.79 Å². The van der Waals surface area contributed by atoms with E-state index in [4.69, 9.17) is 4.11 Å². The molecule has 2 aliphatic heterocycles. The zero-order chi connectivity index (χ0) is 21.3. The van der Waals surface area contributed by atoms with Crippen LogP contribution >= 0.6 is 0 Å². The van der Waals surface area contributed by atoms with Crippen LogP contribution in [0.3, 0.4) is 0 Å². The first kappa shape index (κ1) is 15.5. The fourth-order valence-electron chi connectivity index (χ4n) is 3.98. The van der Waals surface area contributed by atoms with E-state index in [0.29, 0.717) is 13.1 Å². The molecular formula is C20H34N4O2. The van der Waals surface area contributed by atoms with E-state index in [1.807, 2.05) is 4.90 Å². The number of imide groups is 1. The third kappa shape index (κ3) is 4.22. The Morgan fingerprint density at radius 2 is 2.04 bits per heavy atom. The van der Waals surface area contributed by atoms with Crippen molar-refractivity contribution in [2.45, 2.75) is 70.9 Å². The maximum absolute atomic E-state index is 12.4. The topological polar surface area (TPSA) is 55.9 Å². The lowest BCUT2D eigenvalue weighted by Crippen LogP contribution is -2.47. The van der Waals surface area contributed by atoms with Gasteiger partial charge in [-0.3, -0.25) is 14.6 Å². The highest BCUT2D eigenvalue weighted by Gasteiger charge is 2.45. The Bertz CT molecular complexity index is 664. The highest BCUT2D eigenvalue weighted by Crippen LogP contribution is 2.30. The average molecular weight is 366 g/mol. The van der Waals surface area contributed by atoms with Gasteiger partial charge in [-0.1, -0.05) is 19.4 Å². The summed E-state index contributed by atoms with van der Waals surface area (Å²) in [5, 5.41) is 2.73. The number of urea groups is 1. The molecule has 0 aromatic rings. The van der Waals surface area contributed by atoms with E-state index in [9.17, 15) is 9.59 Å². The van der Waals surface area contributed by atoms with Crippen LogP contribution < -0.4 is 5.32 Å². The van der Waals surface area contributed by atoms with Crippen LogP contribution in [0, 0.1) is 5.92 Å². The molecule has 2 atom stereocenters. The maximum Gasteiger partial charge on any atom is 0.325 e. The zero-order valence-electron chi connectivity index (χ0n) is 19.2. The Morgan fingerprint density at radius 1 is 1.31 bits per heavy atom. The van der Waals surface area contributed by atoms with Gasteiger partial charge in [-0.25, -0.2) is 4.79 Å². The second-order valence-electron chi connectivity index (χ2n) is 8.20. The van der Waals surface area contributed by atoms with Crippen LogP contribution in [-0.4, -0.2) is 64.5 Å². The molecule has 26 heavy (non-hydrogen) atoms. The minimum Gasteiger partial charge on any atom is -0.365 e. The second-order valence-corrected chi connectivity index (χ2v) is 8.20. The molecule has 3 rings (SSSR count). The number of nitrogens with one attached hydrogen (secondary N) is 1. The molecule has 2 unspecified atom stereocenters. The monoisotopic (exact) mass is 365 g/mol. The minimum absolute atomic E-state index is 0.115. The van der Waals surface area contributed by atoms with Gasteiger partial charge < -0.3 is 10.2 Å². The molecule has 0 spiro atoms. The molecule has 2 fully saturated rings. The van der Waals surface area contributed by atoms with E-state index in [1.165, 1.54) is 4.90 Å². The van der Waals surface area contributed by atoms with Gasteiger partial charge in [-0.2, -0.15) is 0 Å². The second kappa shape index (κ2) is 7.99. The fraction of sp³-hybridized carbons (Fsp3) is 0.800. The van der Waals surface area contributed by atoms with Gasteiger partial charge in [0.05, 0.1) is 9.39 Å². The summed E-state index contributed by atoms with van der Waals surface area (Å²) in [5.41, 5.74) is -0.832. The molecule has 6 heteroatoms. The molecule has 1 N–H and O–H groups in total. The van der Waals surface area contributed by atoms with Gasteiger partial charge in [0, 0.05) is 27.0 Å². The molecule has 1 saturated heterocycles. The number of hydrogen-bond donors (Lipinski definition) is 1. The smallest absolute Gasteiger partial charge is 0.325 e. The standard InChI is InChI=1S/C20H34N4O2/c1-4-5-11-22-12-6-13-23(15-22)17-9-7-16(8-10-17)14-24-18(25)20(2,3)21-19(24)26/h6,12,16-17H,4-5,7-11,13-15H2,1-3H3,(H,21,26)/i12D,13D,15D. The summed E-state index contributed by atoms with van der Waals surface area (Å²) in [7, 11) is 0. The van der Waals surface area contributed by atoms with Crippen molar-refractivity contribution in [2.75, 3.05) is 26.3 Å². The number of carbonyl (C=O) groups excluding carboxylic acids is 2. The van der Waals surface area contributed by atoms with Crippen molar-refractivity contribution in [3.8, 4) is 0 Å². The Hall–Kier alpha value is -1.56. The third-order valence-corrected chi connectivity index (χ3v) is 5.64. The number of unbranched alkanes of at least 4 members (excludes halogenated alkanes) is 1. The third-order valence-electron chi connectivity index (χ3n) is 5.64. The number of nitrogens with zero attached hydrogens (tertiary/aromatic N) is 3. The summed E-state index contributed by atoms with van der Waals surface area (Å²) in [6.07, 6.45) is 7.25. The van der Waals surface area contributed by atoms with Gasteiger partial charge in [0.15, 0.2) is 0 Å². The van der Waals surface area contributed by atoms with Gasteiger partial charge in [0.25, 0.3) is 5.91 Å². The van der Waals surface area contributed by atoms with Gasteiger partial charge in [0.1, 0.15) is 5.54 Å². The maximum atomic E-state index is 12.4. The molecule has 6 nitrogen and oxygen atoms in total. The summed E-state index contributed by atoms with van der Waals surface area (Å²) in [6, 6.07) is -0.195. The lowest BCUT2D eigenvalue weighted by molar-refractivity contribution is -0.130. The SMILES string of the molecule is [2H]C1=CC([2H])N(C2CCC(CN3C(=O)NC(C)(C)C3=O)CC2)C([2H])N1CCCC. The van der Waals surface area contributed by atoms with Gasteiger partial charge in [0.2, 0.25) is 0 Å². The molecule has 3 amide bonds. The Labute approximate surface area is 161 Å². The molecule has 1 saturated carbocycles. The van der Waals surface area contributed by atoms with E-state index in [2.05, 4.69) is 12.2 Å². The highest BCUT2D eigenvalue weighted by atomic mass is 16.2. The minimum atomic E-state index is -0.832. The molecular weight excluding hydrogens is 328 g/mol. The molecule has 0 radical (unpaired) electrons. The van der Waals surface area contributed by atoms with E-state index < -0.39 is 18.7 Å². The molecule has 0 aromatic heterocycles. The van der Waals surface area contributed by atoms with Crippen LogP contribution in [-0.2, 0) is 4.79 Å². The van der Waals surface area contributed by atoms with E-state index >= 15 is 0 Å². The van der Waals surface area contributed by atoms with Crippen molar-refractivity contribution in [3.63, 3.8) is 0 Å². The molecule has 146 valence electrons. The quantitative estimate of drug-likeness (QED) is 0.736. The zero-order valence-corrected chi connectivity index (χ0v) is 16.2. The van der Waals surface area contributed by atoms with Gasteiger partial charge in [-0.15, -0.1) is 0 Å². The average Bonchev–Trinajstić information content (AvgIpc) is 2.84. The molecule has 1 aliphatic carbocycles. The van der Waals surface area contributed by atoms with Crippen molar-refractivity contribution < 1.29 is 13.7 Å².